The Kier molecular flexibility index (Phi) is 5.58. The summed E-state index contributed by atoms with van der Waals surface area (Å²) >= 11 is 0. The van der Waals surface area contributed by atoms with Gasteiger partial charge in [0.15, 0.2) is 5.78 Å². The maximum absolute atomic E-state index is 13.1. The van der Waals surface area contributed by atoms with Crippen LogP contribution in [0.5, 0.6) is 0 Å². The molecule has 5 nitrogen and oxygen atoms in total. The maximum Gasteiger partial charge on any atom is 0.169 e. The Morgan fingerprint density at radius 1 is 1.10 bits per heavy atom. The van der Waals surface area contributed by atoms with Crippen LogP contribution in [0.4, 0.5) is 11.4 Å². The zero-order valence-corrected chi connectivity index (χ0v) is 17.5. The van der Waals surface area contributed by atoms with E-state index in [4.69, 9.17) is 0 Å². The van der Waals surface area contributed by atoms with Gasteiger partial charge in [0.2, 0.25) is 0 Å². The van der Waals surface area contributed by atoms with Crippen molar-refractivity contribution in [3.63, 3.8) is 0 Å². The number of carbonyl (C=O) groups is 1. The van der Waals surface area contributed by atoms with Crippen LogP contribution in [-0.2, 0) is 6.42 Å². The molecule has 0 bridgehead atoms. The van der Waals surface area contributed by atoms with E-state index in [0.29, 0.717) is 12.3 Å². The van der Waals surface area contributed by atoms with Gasteiger partial charge in [0.25, 0.3) is 0 Å². The van der Waals surface area contributed by atoms with E-state index in [2.05, 4.69) is 52.0 Å². The molecule has 1 aromatic heterocycles. The molecule has 0 radical (unpaired) electrons. The first-order valence-electron chi connectivity index (χ1n) is 10.4. The third kappa shape index (κ3) is 4.01. The molecule has 2 heterocycles. The van der Waals surface area contributed by atoms with Crippen LogP contribution in [0, 0.1) is 0 Å². The first kappa shape index (κ1) is 19.5. The van der Waals surface area contributed by atoms with Crippen LogP contribution in [0.25, 0.3) is 10.9 Å². The van der Waals surface area contributed by atoms with Crippen LogP contribution >= 0.6 is 0 Å². The van der Waals surface area contributed by atoms with E-state index >= 15 is 0 Å². The van der Waals surface area contributed by atoms with Crippen LogP contribution in [0.1, 0.15) is 40.2 Å². The van der Waals surface area contributed by atoms with E-state index in [1.54, 1.807) is 0 Å². The second kappa shape index (κ2) is 8.29. The Labute approximate surface area is 172 Å². The maximum atomic E-state index is 13.1. The molecule has 5 heteroatoms. The number of hydrogen-bond donors (Lipinski definition) is 3. The van der Waals surface area contributed by atoms with Crippen molar-refractivity contribution in [3.8, 4) is 0 Å². The fraction of sp³-hybridized carbons (Fsp3) is 0.375. The van der Waals surface area contributed by atoms with E-state index in [9.17, 15) is 4.79 Å². The smallest absolute Gasteiger partial charge is 0.169 e. The molecule has 3 N–H and O–H groups in total. The average Bonchev–Trinajstić information content (AvgIpc) is 3.17. The lowest BCUT2D eigenvalue weighted by Gasteiger charge is -2.28. The second-order valence-electron chi connectivity index (χ2n) is 8.06. The molecule has 152 valence electrons. The minimum absolute atomic E-state index is 0.127. The molecule has 0 spiro atoms. The lowest BCUT2D eigenvalue weighted by molar-refractivity contribution is 0.0994. The van der Waals surface area contributed by atoms with Gasteiger partial charge >= 0.3 is 0 Å². The van der Waals surface area contributed by atoms with Gasteiger partial charge in [0.1, 0.15) is 0 Å². The average molecular weight is 391 g/mol. The van der Waals surface area contributed by atoms with Crippen molar-refractivity contribution in [2.75, 3.05) is 44.9 Å². The first-order chi connectivity index (χ1) is 14.1. The molecule has 0 saturated carbocycles. The topological polar surface area (TPSA) is 60.2 Å². The van der Waals surface area contributed by atoms with Gasteiger partial charge in [-0.25, -0.2) is 0 Å². The summed E-state index contributed by atoms with van der Waals surface area (Å²) in [5, 5.41) is 7.52. The standard InChI is InChI=1S/C24H30N4O/c1-25-18-5-7-22(26-2)20(14-18)24(29)13-16-4-6-23-19(12-16)21(15-27-23)17-8-10-28(3)11-9-17/h4-7,12,14-15,17,25-27H,8-11,13H2,1-3H3. The van der Waals surface area contributed by atoms with Gasteiger partial charge in [-0.2, -0.15) is 0 Å². The van der Waals surface area contributed by atoms with E-state index in [1.165, 1.54) is 23.8 Å². The van der Waals surface area contributed by atoms with Crippen LogP contribution in [0.15, 0.2) is 42.6 Å². The number of Topliss-reactive ketones (excluding diaryl/α,β-unsaturated/α-hetero) is 1. The zero-order chi connectivity index (χ0) is 20.4. The van der Waals surface area contributed by atoms with Crippen molar-refractivity contribution in [3.05, 3.63) is 59.3 Å². The number of hydrogen-bond acceptors (Lipinski definition) is 4. The number of carbonyl (C=O) groups excluding carboxylic acids is 1. The van der Waals surface area contributed by atoms with E-state index in [1.807, 2.05) is 32.3 Å². The quantitative estimate of drug-likeness (QED) is 0.543. The van der Waals surface area contributed by atoms with E-state index < -0.39 is 0 Å². The number of aromatic amines is 1. The van der Waals surface area contributed by atoms with Gasteiger partial charge in [-0.3, -0.25) is 4.79 Å². The van der Waals surface area contributed by atoms with Crippen LogP contribution in [-0.4, -0.2) is 49.9 Å². The Morgan fingerprint density at radius 3 is 2.62 bits per heavy atom. The normalized spacial score (nSPS) is 15.6. The van der Waals surface area contributed by atoms with Gasteiger partial charge in [-0.1, -0.05) is 6.07 Å². The van der Waals surface area contributed by atoms with Crippen LogP contribution in [0.3, 0.4) is 0 Å². The highest BCUT2D eigenvalue weighted by Crippen LogP contribution is 2.33. The Hall–Kier alpha value is -2.79. The van der Waals surface area contributed by atoms with Crippen molar-refractivity contribution in [1.29, 1.82) is 0 Å². The number of ketones is 1. The summed E-state index contributed by atoms with van der Waals surface area (Å²) in [6, 6.07) is 12.2. The number of fused-ring (bicyclic) bond motifs is 1. The summed E-state index contributed by atoms with van der Waals surface area (Å²) < 4.78 is 0. The molecule has 0 amide bonds. The number of nitrogens with zero attached hydrogens (tertiary/aromatic N) is 1. The summed E-state index contributed by atoms with van der Waals surface area (Å²) in [5.41, 5.74) is 6.15. The van der Waals surface area contributed by atoms with Crippen LogP contribution in [0.2, 0.25) is 0 Å². The predicted octanol–water partition coefficient (Wildman–Crippen LogP) is 4.49. The predicted molar refractivity (Wildman–Crippen MR) is 121 cm³/mol. The molecular formula is C24H30N4O. The fourth-order valence-corrected chi connectivity index (χ4v) is 4.39. The molecule has 29 heavy (non-hydrogen) atoms. The van der Waals surface area contributed by atoms with Crippen molar-refractivity contribution in [2.45, 2.75) is 25.2 Å². The highest BCUT2D eigenvalue weighted by Gasteiger charge is 2.21. The van der Waals surface area contributed by atoms with Crippen molar-refractivity contribution in [1.82, 2.24) is 9.88 Å². The molecule has 1 saturated heterocycles. The van der Waals surface area contributed by atoms with Crippen molar-refractivity contribution in [2.24, 2.45) is 0 Å². The third-order valence-corrected chi connectivity index (χ3v) is 6.18. The third-order valence-electron chi connectivity index (χ3n) is 6.18. The van der Waals surface area contributed by atoms with Crippen molar-refractivity contribution < 1.29 is 4.79 Å². The Balaban J connectivity index is 1.60. The molecule has 4 rings (SSSR count). The van der Waals surface area contributed by atoms with Crippen molar-refractivity contribution >= 4 is 28.1 Å². The second-order valence-corrected chi connectivity index (χ2v) is 8.06. The summed E-state index contributed by atoms with van der Waals surface area (Å²) in [6.45, 7) is 2.29. The fourth-order valence-electron chi connectivity index (χ4n) is 4.39. The molecular weight excluding hydrogens is 360 g/mol. The van der Waals surface area contributed by atoms with Gasteiger partial charge < -0.3 is 20.5 Å². The van der Waals surface area contributed by atoms with Gasteiger partial charge in [0, 0.05) is 54.6 Å². The molecule has 0 atom stereocenters. The summed E-state index contributed by atoms with van der Waals surface area (Å²) in [4.78, 5) is 18.9. The number of H-pyrrole nitrogens is 1. The highest BCUT2D eigenvalue weighted by atomic mass is 16.1. The molecule has 1 aliphatic heterocycles. The minimum Gasteiger partial charge on any atom is -0.388 e. The number of rotatable bonds is 6. The molecule has 1 aliphatic rings. The molecule has 1 fully saturated rings. The first-order valence-corrected chi connectivity index (χ1v) is 10.4. The molecule has 0 unspecified atom stereocenters. The highest BCUT2D eigenvalue weighted by molar-refractivity contribution is 6.03. The summed E-state index contributed by atoms with van der Waals surface area (Å²) in [6.07, 6.45) is 4.95. The summed E-state index contributed by atoms with van der Waals surface area (Å²) in [5.74, 6) is 0.719. The molecule has 2 aromatic carbocycles. The van der Waals surface area contributed by atoms with E-state index in [0.717, 1.165) is 41.1 Å². The Bertz CT molecular complexity index is 1010. The summed E-state index contributed by atoms with van der Waals surface area (Å²) in [7, 11) is 5.91. The SMILES string of the molecule is CNc1ccc(NC)c(C(=O)Cc2ccc3[nH]cc(C4CCN(C)CC4)c3c2)c1. The number of piperidine rings is 1. The monoisotopic (exact) mass is 390 g/mol. The Morgan fingerprint density at radius 2 is 1.90 bits per heavy atom. The number of aromatic nitrogens is 1. The lowest BCUT2D eigenvalue weighted by Crippen LogP contribution is -2.29. The minimum atomic E-state index is 0.127. The number of nitrogens with one attached hydrogen (secondary N) is 3. The molecule has 0 aliphatic carbocycles. The largest absolute Gasteiger partial charge is 0.388 e. The van der Waals surface area contributed by atoms with Crippen LogP contribution < -0.4 is 10.6 Å². The number of likely N-dealkylation sites (tertiary alicyclic amines) is 1. The number of anilines is 2. The van der Waals surface area contributed by atoms with E-state index in [-0.39, 0.29) is 5.78 Å². The zero-order valence-electron chi connectivity index (χ0n) is 17.5. The molecule has 3 aromatic rings. The van der Waals surface area contributed by atoms with Gasteiger partial charge in [0.05, 0.1) is 0 Å². The number of benzene rings is 2. The lowest BCUT2D eigenvalue weighted by atomic mass is 9.89. The van der Waals surface area contributed by atoms with Gasteiger partial charge in [-0.05, 0) is 80.4 Å². The van der Waals surface area contributed by atoms with Gasteiger partial charge in [-0.15, -0.1) is 0 Å².